The molecule has 1 N–H and O–H groups in total. The maximum absolute atomic E-state index is 13.8. The highest BCUT2D eigenvalue weighted by Gasteiger charge is 2.58. The van der Waals surface area contributed by atoms with Gasteiger partial charge in [0.15, 0.2) is 0 Å². The maximum atomic E-state index is 13.8. The highest BCUT2D eigenvalue weighted by molar-refractivity contribution is 5.45. The van der Waals surface area contributed by atoms with Crippen LogP contribution < -0.4 is 4.74 Å². The minimum atomic E-state index is -2.11. The number of hydrogen-bond donors (Lipinski definition) is 1. The largest absolute Gasteiger partial charge is 0.488 e. The average molecular weight is 839 g/mol. The summed E-state index contributed by atoms with van der Waals surface area (Å²) in [7, 11) is 0. The SMILES string of the molecule is OC1(c2cc(Cc3ccc4c(c3)CC4)ccc2OCc2ccccc2)O[C@H](COCc2ccccc2)[C@@H](OCc2ccccc2)[C@H](OCc2ccccc2)[C@H]1OCc1ccccc1. The van der Waals surface area contributed by atoms with Gasteiger partial charge in [0, 0.05) is 0 Å². The maximum Gasteiger partial charge on any atom is 0.226 e. The quantitative estimate of drug-likeness (QED) is 0.0869. The normalized spacial score (nSPS) is 20.4. The molecule has 320 valence electrons. The third-order valence-corrected chi connectivity index (χ3v) is 12.0. The molecule has 5 atom stereocenters. The lowest BCUT2D eigenvalue weighted by atomic mass is 9.84. The van der Waals surface area contributed by atoms with E-state index < -0.39 is 30.2 Å². The molecule has 1 fully saturated rings. The highest BCUT2D eigenvalue weighted by atomic mass is 16.7. The van der Waals surface area contributed by atoms with Crippen LogP contribution in [0.25, 0.3) is 0 Å². The van der Waals surface area contributed by atoms with Crippen LogP contribution in [0.5, 0.6) is 5.75 Å². The van der Waals surface area contributed by atoms with Crippen molar-refractivity contribution in [1.29, 1.82) is 0 Å². The molecule has 2 aliphatic rings. The van der Waals surface area contributed by atoms with E-state index in [1.807, 2.05) is 164 Å². The predicted molar refractivity (Wildman–Crippen MR) is 244 cm³/mol. The molecule has 1 unspecified atom stereocenters. The van der Waals surface area contributed by atoms with Gasteiger partial charge in [0.05, 0.1) is 38.6 Å². The Morgan fingerprint density at radius 2 is 0.937 bits per heavy atom. The first-order valence-corrected chi connectivity index (χ1v) is 22.0. The summed E-state index contributed by atoms with van der Waals surface area (Å²) in [6.07, 6.45) is -0.602. The van der Waals surface area contributed by atoms with Gasteiger partial charge in [0.2, 0.25) is 5.79 Å². The van der Waals surface area contributed by atoms with Crippen LogP contribution in [0.3, 0.4) is 0 Å². The standard InChI is InChI=1S/C56H54O7/c57-56(50-34-47(32-46-26-28-48-29-30-49(48)33-46)27-31-51(50)59-36-42-18-8-2-9-19-42)55(62-39-45-24-14-5-15-25-45)54(61-38-44-22-12-4-13-23-44)53(60-37-43-20-10-3-11-21-43)52(63-56)40-58-35-41-16-6-1-7-17-41/h1-28,31,33-34,52-55,57H,29-30,32,35-40H2/t52-,53-,54+,55-,56?/m1/s1. The summed E-state index contributed by atoms with van der Waals surface area (Å²) in [6, 6.07) is 62.9. The number of hydrogen-bond acceptors (Lipinski definition) is 7. The van der Waals surface area contributed by atoms with Gasteiger partial charge in [-0.3, -0.25) is 0 Å². The van der Waals surface area contributed by atoms with E-state index in [0.717, 1.165) is 46.2 Å². The van der Waals surface area contributed by atoms with Crippen molar-refractivity contribution in [3.05, 3.63) is 244 Å². The fourth-order valence-electron chi connectivity index (χ4n) is 8.49. The summed E-state index contributed by atoms with van der Waals surface area (Å²) < 4.78 is 41.2. The Morgan fingerprint density at radius 3 is 1.48 bits per heavy atom. The van der Waals surface area contributed by atoms with Gasteiger partial charge in [-0.2, -0.15) is 0 Å². The molecule has 7 aromatic carbocycles. The van der Waals surface area contributed by atoms with Crippen LogP contribution in [0.2, 0.25) is 0 Å². The number of ether oxygens (including phenoxy) is 6. The fourth-order valence-corrected chi connectivity index (χ4v) is 8.49. The number of rotatable bonds is 19. The fraction of sp³-hybridized carbons (Fsp3) is 0.250. The van der Waals surface area contributed by atoms with Gasteiger partial charge >= 0.3 is 0 Å². The topological polar surface area (TPSA) is 75.6 Å². The molecule has 7 heteroatoms. The molecular weight excluding hydrogens is 785 g/mol. The van der Waals surface area contributed by atoms with E-state index in [4.69, 9.17) is 28.4 Å². The number of aryl methyl sites for hydroxylation is 2. The molecular formula is C56H54O7. The van der Waals surface area contributed by atoms with Crippen molar-refractivity contribution in [3.63, 3.8) is 0 Å². The first-order chi connectivity index (χ1) is 31.1. The van der Waals surface area contributed by atoms with E-state index in [9.17, 15) is 5.11 Å². The lowest BCUT2D eigenvalue weighted by molar-refractivity contribution is -0.379. The molecule has 0 bridgehead atoms. The molecule has 0 spiro atoms. The summed E-state index contributed by atoms with van der Waals surface area (Å²) in [5.74, 6) is -1.63. The molecule has 1 aliphatic carbocycles. The second-order valence-electron chi connectivity index (χ2n) is 16.5. The lowest BCUT2D eigenvalue weighted by Crippen LogP contribution is -2.65. The van der Waals surface area contributed by atoms with Crippen molar-refractivity contribution < 1.29 is 33.5 Å². The Kier molecular flexibility index (Phi) is 13.8. The van der Waals surface area contributed by atoms with Crippen molar-refractivity contribution in [2.75, 3.05) is 6.61 Å². The zero-order valence-electron chi connectivity index (χ0n) is 35.5. The van der Waals surface area contributed by atoms with Gasteiger partial charge in [-0.1, -0.05) is 176 Å². The predicted octanol–water partition coefficient (Wildman–Crippen LogP) is 10.5. The molecule has 63 heavy (non-hydrogen) atoms. The van der Waals surface area contributed by atoms with Crippen LogP contribution >= 0.6 is 0 Å². The summed E-state index contributed by atoms with van der Waals surface area (Å²) >= 11 is 0. The van der Waals surface area contributed by atoms with Gasteiger partial charge < -0.3 is 33.5 Å². The van der Waals surface area contributed by atoms with Gasteiger partial charge in [-0.25, -0.2) is 0 Å². The Labute approximate surface area is 370 Å². The van der Waals surface area contributed by atoms with Crippen molar-refractivity contribution in [2.24, 2.45) is 0 Å². The van der Waals surface area contributed by atoms with Crippen LogP contribution in [0.1, 0.15) is 55.6 Å². The van der Waals surface area contributed by atoms with Crippen molar-refractivity contribution >= 4 is 0 Å². The molecule has 1 heterocycles. The van der Waals surface area contributed by atoms with Gasteiger partial charge in [-0.15, -0.1) is 0 Å². The smallest absolute Gasteiger partial charge is 0.226 e. The van der Waals surface area contributed by atoms with E-state index in [1.165, 1.54) is 16.7 Å². The average Bonchev–Trinajstić information content (AvgIpc) is 3.32. The number of fused-ring (bicyclic) bond motifs is 1. The summed E-state index contributed by atoms with van der Waals surface area (Å²) in [6.45, 7) is 1.42. The minimum Gasteiger partial charge on any atom is -0.488 e. The van der Waals surface area contributed by atoms with E-state index in [-0.39, 0.29) is 33.0 Å². The molecule has 0 amide bonds. The zero-order chi connectivity index (χ0) is 42.7. The second-order valence-corrected chi connectivity index (χ2v) is 16.5. The molecule has 0 radical (unpaired) electrons. The van der Waals surface area contributed by atoms with E-state index in [0.29, 0.717) is 24.3 Å². The summed E-state index contributed by atoms with van der Waals surface area (Å²) in [4.78, 5) is 0. The molecule has 7 aromatic rings. The zero-order valence-corrected chi connectivity index (χ0v) is 35.5. The van der Waals surface area contributed by atoms with Gasteiger partial charge in [-0.05, 0) is 81.5 Å². The Morgan fingerprint density at radius 1 is 0.460 bits per heavy atom. The van der Waals surface area contributed by atoms with E-state index >= 15 is 0 Å². The van der Waals surface area contributed by atoms with Crippen LogP contribution in [-0.4, -0.2) is 36.1 Å². The number of benzene rings is 7. The lowest BCUT2D eigenvalue weighted by Gasteiger charge is -2.50. The van der Waals surface area contributed by atoms with Crippen molar-refractivity contribution in [3.8, 4) is 5.75 Å². The molecule has 7 nitrogen and oxygen atoms in total. The Hall–Kier alpha value is -5.90. The van der Waals surface area contributed by atoms with Crippen LogP contribution in [0, 0.1) is 0 Å². The monoisotopic (exact) mass is 838 g/mol. The molecule has 1 aliphatic heterocycles. The first-order valence-electron chi connectivity index (χ1n) is 22.0. The third kappa shape index (κ3) is 10.7. The van der Waals surface area contributed by atoms with Crippen LogP contribution in [-0.2, 0) is 81.8 Å². The van der Waals surface area contributed by atoms with E-state index in [2.05, 4.69) is 24.3 Å². The molecule has 0 saturated carbocycles. The molecule has 1 saturated heterocycles. The summed E-state index contributed by atoms with van der Waals surface area (Å²) in [5.41, 5.74) is 10.4. The van der Waals surface area contributed by atoms with Crippen molar-refractivity contribution in [2.45, 2.75) is 82.5 Å². The number of aliphatic hydroxyl groups is 1. The minimum absolute atomic E-state index is 0.0995. The highest BCUT2D eigenvalue weighted by Crippen LogP contribution is 2.45. The van der Waals surface area contributed by atoms with Crippen molar-refractivity contribution in [1.82, 2.24) is 0 Å². The first kappa shape index (κ1) is 42.4. The van der Waals surface area contributed by atoms with Crippen LogP contribution in [0.4, 0.5) is 0 Å². The molecule has 0 aromatic heterocycles. The Bertz CT molecular complexity index is 2480. The Balaban J connectivity index is 1.15. The second kappa shape index (κ2) is 20.5. The third-order valence-electron chi connectivity index (χ3n) is 12.0. The van der Waals surface area contributed by atoms with E-state index in [1.54, 1.807) is 0 Å². The molecule has 9 rings (SSSR count). The van der Waals surface area contributed by atoms with Crippen LogP contribution in [0.15, 0.2) is 188 Å². The van der Waals surface area contributed by atoms with Gasteiger partial charge in [0.25, 0.3) is 0 Å². The van der Waals surface area contributed by atoms with Gasteiger partial charge in [0.1, 0.15) is 36.8 Å². The summed E-state index contributed by atoms with van der Waals surface area (Å²) in [5, 5.41) is 13.8.